The number of anilines is 1. The van der Waals surface area contributed by atoms with Crippen LogP contribution in [0.1, 0.15) is 48.2 Å². The summed E-state index contributed by atoms with van der Waals surface area (Å²) in [7, 11) is 0. The van der Waals surface area contributed by atoms with Crippen molar-refractivity contribution in [2.45, 2.75) is 44.6 Å². The average Bonchev–Trinajstić information content (AvgIpc) is 3.03. The van der Waals surface area contributed by atoms with Crippen LogP contribution in [0, 0.1) is 0 Å². The van der Waals surface area contributed by atoms with Gasteiger partial charge in [-0.05, 0) is 37.1 Å². The van der Waals surface area contributed by atoms with Gasteiger partial charge in [-0.3, -0.25) is 14.9 Å². The summed E-state index contributed by atoms with van der Waals surface area (Å²) in [4.78, 5) is 28.6. The van der Waals surface area contributed by atoms with Crippen LogP contribution in [0.3, 0.4) is 0 Å². The summed E-state index contributed by atoms with van der Waals surface area (Å²) in [5, 5.41) is 8.69. The van der Waals surface area contributed by atoms with E-state index < -0.39 is 0 Å². The Morgan fingerprint density at radius 2 is 1.88 bits per heavy atom. The predicted octanol–water partition coefficient (Wildman–Crippen LogP) is 4.04. The fourth-order valence-corrected chi connectivity index (χ4v) is 3.74. The van der Waals surface area contributed by atoms with Gasteiger partial charge in [0.1, 0.15) is 0 Å². The Hall–Kier alpha value is -1.92. The maximum Gasteiger partial charge on any atom is 0.257 e. The van der Waals surface area contributed by atoms with Crippen LogP contribution in [-0.4, -0.2) is 22.8 Å². The molecule has 1 aromatic carbocycles. The normalized spacial score (nSPS) is 14.9. The van der Waals surface area contributed by atoms with E-state index in [1.807, 2.05) is 0 Å². The van der Waals surface area contributed by atoms with Crippen LogP contribution in [-0.2, 0) is 11.2 Å². The van der Waals surface area contributed by atoms with Gasteiger partial charge < -0.3 is 5.32 Å². The highest BCUT2D eigenvalue weighted by molar-refractivity contribution is 7.14. The van der Waals surface area contributed by atoms with Gasteiger partial charge in [0.25, 0.3) is 5.91 Å². The number of thiazole rings is 1. The van der Waals surface area contributed by atoms with E-state index in [0.717, 1.165) is 12.8 Å². The molecule has 1 aromatic heterocycles. The molecule has 1 aliphatic rings. The minimum Gasteiger partial charge on any atom is -0.353 e. The molecule has 25 heavy (non-hydrogen) atoms. The quantitative estimate of drug-likeness (QED) is 0.826. The van der Waals surface area contributed by atoms with Crippen molar-refractivity contribution in [2.24, 2.45) is 0 Å². The highest BCUT2D eigenvalue weighted by atomic mass is 35.5. The Morgan fingerprint density at radius 3 is 2.60 bits per heavy atom. The molecular weight excluding hydrogens is 358 g/mol. The van der Waals surface area contributed by atoms with Crippen LogP contribution in [0.5, 0.6) is 0 Å². The van der Waals surface area contributed by atoms with Crippen LogP contribution in [0.25, 0.3) is 0 Å². The van der Waals surface area contributed by atoms with Gasteiger partial charge in [0.2, 0.25) is 5.91 Å². The Balaban J connectivity index is 1.52. The monoisotopic (exact) mass is 377 g/mol. The number of halogens is 1. The number of nitrogens with zero attached hydrogens (tertiary/aromatic N) is 1. The molecule has 1 fully saturated rings. The van der Waals surface area contributed by atoms with Crippen molar-refractivity contribution in [1.82, 2.24) is 10.3 Å². The zero-order valence-electron chi connectivity index (χ0n) is 13.8. The molecular formula is C18H20ClN3O2S. The molecule has 3 rings (SSSR count). The standard InChI is InChI=1S/C18H20ClN3O2S/c19-13-8-6-12(7-9-13)17(24)22-18-21-15(11-25-18)10-16(23)20-14-4-2-1-3-5-14/h6-9,11,14H,1-5,10H2,(H,20,23)(H,21,22,24). The van der Waals surface area contributed by atoms with Crippen molar-refractivity contribution < 1.29 is 9.59 Å². The van der Waals surface area contributed by atoms with E-state index in [-0.39, 0.29) is 18.2 Å². The predicted molar refractivity (Wildman–Crippen MR) is 100 cm³/mol. The molecule has 5 nitrogen and oxygen atoms in total. The van der Waals surface area contributed by atoms with Crippen molar-refractivity contribution in [3.63, 3.8) is 0 Å². The summed E-state index contributed by atoms with van der Waals surface area (Å²) >= 11 is 7.13. The lowest BCUT2D eigenvalue weighted by Gasteiger charge is -2.22. The van der Waals surface area contributed by atoms with Gasteiger partial charge in [-0.2, -0.15) is 0 Å². The lowest BCUT2D eigenvalue weighted by Crippen LogP contribution is -2.37. The van der Waals surface area contributed by atoms with Crippen LogP contribution in [0.4, 0.5) is 5.13 Å². The third kappa shape index (κ3) is 5.28. The molecule has 1 saturated carbocycles. The van der Waals surface area contributed by atoms with Gasteiger partial charge in [0.15, 0.2) is 5.13 Å². The van der Waals surface area contributed by atoms with Crippen LogP contribution in [0.15, 0.2) is 29.6 Å². The zero-order valence-corrected chi connectivity index (χ0v) is 15.3. The molecule has 1 heterocycles. The fourth-order valence-electron chi connectivity index (χ4n) is 2.91. The van der Waals surface area contributed by atoms with Crippen LogP contribution >= 0.6 is 22.9 Å². The molecule has 0 spiro atoms. The summed E-state index contributed by atoms with van der Waals surface area (Å²) in [6.07, 6.45) is 5.99. The number of carbonyl (C=O) groups excluding carboxylic acids is 2. The molecule has 2 amide bonds. The lowest BCUT2D eigenvalue weighted by molar-refractivity contribution is -0.121. The minimum atomic E-state index is -0.246. The molecule has 0 bridgehead atoms. The average molecular weight is 378 g/mol. The maximum absolute atomic E-state index is 12.2. The summed E-state index contributed by atoms with van der Waals surface area (Å²) in [5.41, 5.74) is 1.18. The molecule has 1 aliphatic carbocycles. The van der Waals surface area contributed by atoms with Gasteiger partial charge in [0, 0.05) is 22.0 Å². The molecule has 7 heteroatoms. The smallest absolute Gasteiger partial charge is 0.257 e. The van der Waals surface area contributed by atoms with Gasteiger partial charge in [-0.25, -0.2) is 4.98 Å². The van der Waals surface area contributed by atoms with E-state index in [2.05, 4.69) is 15.6 Å². The van der Waals surface area contributed by atoms with Gasteiger partial charge in [-0.15, -0.1) is 11.3 Å². The fraction of sp³-hybridized carbons (Fsp3) is 0.389. The van der Waals surface area contributed by atoms with Crippen molar-refractivity contribution >= 4 is 39.9 Å². The first kappa shape index (κ1) is 17.9. The maximum atomic E-state index is 12.2. The summed E-state index contributed by atoms with van der Waals surface area (Å²) in [6, 6.07) is 6.94. The van der Waals surface area contributed by atoms with E-state index >= 15 is 0 Å². The van der Waals surface area contributed by atoms with E-state index in [9.17, 15) is 9.59 Å². The van der Waals surface area contributed by atoms with Crippen molar-refractivity contribution in [1.29, 1.82) is 0 Å². The van der Waals surface area contributed by atoms with Crippen molar-refractivity contribution in [2.75, 3.05) is 5.32 Å². The van der Waals surface area contributed by atoms with E-state index in [1.54, 1.807) is 29.6 Å². The second kappa shape index (κ2) is 8.45. The molecule has 2 aromatic rings. The highest BCUT2D eigenvalue weighted by Gasteiger charge is 2.17. The first-order valence-corrected chi connectivity index (χ1v) is 9.66. The highest BCUT2D eigenvalue weighted by Crippen LogP contribution is 2.19. The number of amides is 2. The lowest BCUT2D eigenvalue weighted by atomic mass is 9.95. The Morgan fingerprint density at radius 1 is 1.16 bits per heavy atom. The summed E-state index contributed by atoms with van der Waals surface area (Å²) in [5.74, 6) is -0.253. The summed E-state index contributed by atoms with van der Waals surface area (Å²) in [6.45, 7) is 0. The number of hydrogen-bond donors (Lipinski definition) is 2. The first-order chi connectivity index (χ1) is 12.1. The van der Waals surface area contributed by atoms with E-state index in [4.69, 9.17) is 11.6 Å². The Labute approximate surface area is 155 Å². The largest absolute Gasteiger partial charge is 0.353 e. The van der Waals surface area contributed by atoms with Crippen LogP contribution < -0.4 is 10.6 Å². The molecule has 0 aliphatic heterocycles. The minimum absolute atomic E-state index is 0.00669. The third-order valence-corrected chi connectivity index (χ3v) is 5.25. The number of nitrogens with one attached hydrogen (secondary N) is 2. The van der Waals surface area contributed by atoms with E-state index in [0.29, 0.717) is 27.5 Å². The van der Waals surface area contributed by atoms with Crippen molar-refractivity contribution in [3.8, 4) is 0 Å². The SMILES string of the molecule is O=C(Cc1csc(NC(=O)c2ccc(Cl)cc2)n1)NC1CCCCC1. The number of carbonyl (C=O) groups is 2. The second-order valence-corrected chi connectivity index (χ2v) is 7.48. The van der Waals surface area contributed by atoms with Gasteiger partial charge >= 0.3 is 0 Å². The van der Waals surface area contributed by atoms with Crippen LogP contribution in [0.2, 0.25) is 5.02 Å². The topological polar surface area (TPSA) is 71.1 Å². The van der Waals surface area contributed by atoms with Gasteiger partial charge in [-0.1, -0.05) is 30.9 Å². The molecule has 0 saturated heterocycles. The van der Waals surface area contributed by atoms with Gasteiger partial charge in [0.05, 0.1) is 12.1 Å². The molecule has 0 atom stereocenters. The molecule has 0 unspecified atom stereocenters. The zero-order chi connectivity index (χ0) is 17.6. The number of rotatable bonds is 5. The molecule has 2 N–H and O–H groups in total. The third-order valence-electron chi connectivity index (χ3n) is 4.19. The number of hydrogen-bond acceptors (Lipinski definition) is 4. The van der Waals surface area contributed by atoms with Crippen molar-refractivity contribution in [3.05, 3.63) is 45.9 Å². The number of benzene rings is 1. The molecule has 0 radical (unpaired) electrons. The number of aromatic nitrogens is 1. The summed E-state index contributed by atoms with van der Waals surface area (Å²) < 4.78 is 0. The first-order valence-electron chi connectivity index (χ1n) is 8.41. The Bertz CT molecular complexity index is 739. The Kier molecular flexibility index (Phi) is 6.04. The van der Waals surface area contributed by atoms with E-state index in [1.165, 1.54) is 30.6 Å². The second-order valence-electron chi connectivity index (χ2n) is 6.18. The molecule has 132 valence electrons.